The fraction of sp³-hybridized carbons (Fsp3) is 0.0952. The Hall–Kier alpha value is -3.27. The van der Waals surface area contributed by atoms with E-state index < -0.39 is 0 Å². The topological polar surface area (TPSA) is 38.6 Å². The van der Waals surface area contributed by atoms with Crippen molar-refractivity contribution >= 4 is 11.2 Å². The van der Waals surface area contributed by atoms with E-state index in [-0.39, 0.29) is 6.04 Å². The molecule has 1 unspecified atom stereocenters. The SMILES string of the molecule is COc1ccc(C2Nc3ccccc3-c3ccnn4ccc2c34)cc1. The maximum absolute atomic E-state index is 5.30. The molecule has 4 nitrogen and oxygen atoms in total. The second-order valence-electron chi connectivity index (χ2n) is 6.21. The van der Waals surface area contributed by atoms with Gasteiger partial charge in [0, 0.05) is 34.8 Å². The van der Waals surface area contributed by atoms with Crippen molar-refractivity contribution in [3.63, 3.8) is 0 Å². The second-order valence-corrected chi connectivity index (χ2v) is 6.21. The quantitative estimate of drug-likeness (QED) is 0.588. The van der Waals surface area contributed by atoms with Crippen molar-refractivity contribution < 1.29 is 4.74 Å². The summed E-state index contributed by atoms with van der Waals surface area (Å²) in [5, 5.41) is 8.21. The fourth-order valence-electron chi connectivity index (χ4n) is 3.66. The Bertz CT molecular complexity index is 1070. The molecule has 2 aromatic carbocycles. The van der Waals surface area contributed by atoms with Crippen LogP contribution in [0.4, 0.5) is 5.69 Å². The van der Waals surface area contributed by atoms with E-state index in [0.29, 0.717) is 0 Å². The molecule has 0 bridgehead atoms. The average Bonchev–Trinajstić information content (AvgIpc) is 3.04. The van der Waals surface area contributed by atoms with Gasteiger partial charge in [0.2, 0.25) is 0 Å². The predicted octanol–water partition coefficient (Wildman–Crippen LogP) is 4.52. The van der Waals surface area contributed by atoms with E-state index in [1.54, 1.807) is 7.11 Å². The van der Waals surface area contributed by atoms with Gasteiger partial charge in [-0.05, 0) is 35.9 Å². The molecule has 0 saturated heterocycles. The molecule has 1 aliphatic heterocycles. The number of hydrogen-bond donors (Lipinski definition) is 1. The zero-order valence-corrected chi connectivity index (χ0v) is 13.8. The van der Waals surface area contributed by atoms with E-state index in [1.807, 2.05) is 29.0 Å². The molecule has 0 fully saturated rings. The van der Waals surface area contributed by atoms with Gasteiger partial charge in [-0.3, -0.25) is 0 Å². The molecule has 0 spiro atoms. The highest BCUT2D eigenvalue weighted by Crippen LogP contribution is 2.42. The maximum Gasteiger partial charge on any atom is 0.118 e. The van der Waals surface area contributed by atoms with Crippen LogP contribution in [0.25, 0.3) is 16.6 Å². The van der Waals surface area contributed by atoms with Gasteiger partial charge in [0.15, 0.2) is 0 Å². The standard InChI is InChI=1S/C21H17N3O/c1-25-15-8-6-14(7-9-15)20-18-11-13-24-21(18)17(10-12-22-24)16-4-2-3-5-19(16)23-20/h2-13,20,23H,1H3. The molecule has 122 valence electrons. The average molecular weight is 327 g/mol. The van der Waals surface area contributed by atoms with Gasteiger partial charge in [0.05, 0.1) is 18.7 Å². The Balaban J connectivity index is 1.78. The number of benzene rings is 2. The minimum Gasteiger partial charge on any atom is -0.497 e. The van der Waals surface area contributed by atoms with Crippen LogP contribution in [-0.2, 0) is 0 Å². The number of hydrogen-bond acceptors (Lipinski definition) is 3. The highest BCUT2D eigenvalue weighted by atomic mass is 16.5. The van der Waals surface area contributed by atoms with Crippen molar-refractivity contribution in [2.45, 2.75) is 6.04 Å². The van der Waals surface area contributed by atoms with E-state index in [0.717, 1.165) is 17.0 Å². The van der Waals surface area contributed by atoms with Crippen LogP contribution in [0.5, 0.6) is 5.75 Å². The number of rotatable bonds is 2. The number of methoxy groups -OCH3 is 1. The molecular formula is C21H17N3O. The minimum absolute atomic E-state index is 0.0579. The van der Waals surface area contributed by atoms with Crippen LogP contribution in [0.1, 0.15) is 17.2 Å². The summed E-state index contributed by atoms with van der Waals surface area (Å²) in [6.45, 7) is 0. The Morgan fingerprint density at radius 3 is 2.64 bits per heavy atom. The van der Waals surface area contributed by atoms with E-state index in [4.69, 9.17) is 4.74 Å². The van der Waals surface area contributed by atoms with Crippen LogP contribution < -0.4 is 10.1 Å². The number of anilines is 1. The molecule has 1 N–H and O–H groups in total. The third-order valence-electron chi connectivity index (χ3n) is 4.86. The summed E-state index contributed by atoms with van der Waals surface area (Å²) < 4.78 is 7.27. The van der Waals surface area contributed by atoms with Gasteiger partial charge in [-0.2, -0.15) is 5.10 Å². The smallest absolute Gasteiger partial charge is 0.118 e. The summed E-state index contributed by atoms with van der Waals surface area (Å²) in [4.78, 5) is 0. The number of fused-ring (bicyclic) bond motifs is 2. The molecular weight excluding hydrogens is 310 g/mol. The van der Waals surface area contributed by atoms with E-state index in [9.17, 15) is 0 Å². The first-order valence-electron chi connectivity index (χ1n) is 8.31. The summed E-state index contributed by atoms with van der Waals surface area (Å²) in [7, 11) is 1.69. The van der Waals surface area contributed by atoms with Crippen molar-refractivity contribution in [3.05, 3.63) is 84.2 Å². The van der Waals surface area contributed by atoms with Crippen LogP contribution in [0.2, 0.25) is 0 Å². The minimum atomic E-state index is 0.0579. The lowest BCUT2D eigenvalue weighted by Gasteiger charge is -2.19. The first-order chi connectivity index (χ1) is 12.3. The molecule has 4 aromatic rings. The normalized spacial score (nSPS) is 15.3. The lowest BCUT2D eigenvalue weighted by molar-refractivity contribution is 0.414. The number of nitrogens with zero attached hydrogens (tertiary/aromatic N) is 2. The highest BCUT2D eigenvalue weighted by Gasteiger charge is 2.25. The Kier molecular flexibility index (Phi) is 3.04. The zero-order chi connectivity index (χ0) is 16.8. The first kappa shape index (κ1) is 14.1. The lowest BCUT2D eigenvalue weighted by atomic mass is 9.99. The van der Waals surface area contributed by atoms with Crippen LogP contribution >= 0.6 is 0 Å². The van der Waals surface area contributed by atoms with Crippen LogP contribution in [0.3, 0.4) is 0 Å². The molecule has 2 aromatic heterocycles. The summed E-state index contributed by atoms with van der Waals surface area (Å²) in [5.41, 5.74) is 7.11. The number of nitrogens with one attached hydrogen (secondary N) is 1. The second kappa shape index (κ2) is 5.38. The number of para-hydroxylation sites is 1. The molecule has 0 amide bonds. The first-order valence-corrected chi connectivity index (χ1v) is 8.31. The molecule has 0 radical (unpaired) electrons. The van der Waals surface area contributed by atoms with Crippen LogP contribution in [-0.4, -0.2) is 16.7 Å². The molecule has 3 heterocycles. The van der Waals surface area contributed by atoms with Crippen molar-refractivity contribution in [2.24, 2.45) is 0 Å². The van der Waals surface area contributed by atoms with Gasteiger partial charge in [0.25, 0.3) is 0 Å². The van der Waals surface area contributed by atoms with Gasteiger partial charge >= 0.3 is 0 Å². The van der Waals surface area contributed by atoms with Gasteiger partial charge < -0.3 is 10.1 Å². The third-order valence-corrected chi connectivity index (χ3v) is 4.86. The molecule has 25 heavy (non-hydrogen) atoms. The Morgan fingerprint density at radius 2 is 1.80 bits per heavy atom. The monoisotopic (exact) mass is 327 g/mol. The van der Waals surface area contributed by atoms with Crippen LogP contribution in [0.15, 0.2) is 73.1 Å². The Labute approximate surface area is 145 Å². The van der Waals surface area contributed by atoms with Gasteiger partial charge in [-0.25, -0.2) is 4.52 Å². The molecule has 1 atom stereocenters. The van der Waals surface area contributed by atoms with Gasteiger partial charge in [-0.15, -0.1) is 0 Å². The molecule has 1 aliphatic rings. The van der Waals surface area contributed by atoms with Gasteiger partial charge in [0.1, 0.15) is 5.75 Å². The lowest BCUT2D eigenvalue weighted by Crippen LogP contribution is -2.11. The van der Waals surface area contributed by atoms with Crippen LogP contribution in [0, 0.1) is 0 Å². The summed E-state index contributed by atoms with van der Waals surface area (Å²) in [6.07, 6.45) is 3.89. The number of ether oxygens (including phenoxy) is 1. The van der Waals surface area contributed by atoms with Crippen molar-refractivity contribution in [1.29, 1.82) is 0 Å². The van der Waals surface area contributed by atoms with Crippen molar-refractivity contribution in [1.82, 2.24) is 9.61 Å². The summed E-state index contributed by atoms with van der Waals surface area (Å²) >= 11 is 0. The zero-order valence-electron chi connectivity index (χ0n) is 13.8. The summed E-state index contributed by atoms with van der Waals surface area (Å²) in [5.74, 6) is 0.863. The molecule has 5 rings (SSSR count). The number of aromatic nitrogens is 2. The van der Waals surface area contributed by atoms with Crippen molar-refractivity contribution in [2.75, 3.05) is 12.4 Å². The maximum atomic E-state index is 5.30. The van der Waals surface area contributed by atoms with Gasteiger partial charge in [-0.1, -0.05) is 30.3 Å². The largest absolute Gasteiger partial charge is 0.497 e. The molecule has 4 heteroatoms. The van der Waals surface area contributed by atoms with E-state index in [1.165, 1.54) is 22.3 Å². The third kappa shape index (κ3) is 2.11. The summed E-state index contributed by atoms with van der Waals surface area (Å²) in [6, 6.07) is 21.0. The predicted molar refractivity (Wildman–Crippen MR) is 99.1 cm³/mol. The van der Waals surface area contributed by atoms with E-state index >= 15 is 0 Å². The fourth-order valence-corrected chi connectivity index (χ4v) is 3.66. The highest BCUT2D eigenvalue weighted by molar-refractivity contribution is 5.92. The molecule has 0 aliphatic carbocycles. The van der Waals surface area contributed by atoms with E-state index in [2.05, 4.69) is 58.9 Å². The Morgan fingerprint density at radius 1 is 0.960 bits per heavy atom. The molecule has 0 saturated carbocycles. The van der Waals surface area contributed by atoms with Crippen molar-refractivity contribution in [3.8, 4) is 16.9 Å².